The highest BCUT2D eigenvalue weighted by Gasteiger charge is 2.23. The number of aliphatic hydroxyl groups excluding tert-OH is 1. The van der Waals surface area contributed by atoms with E-state index >= 15 is 0 Å². The number of carbonyl (C=O) groups is 2. The number of carboxylic acids is 1. The first-order chi connectivity index (χ1) is 8.06. The van der Waals surface area contributed by atoms with Crippen molar-refractivity contribution in [1.29, 1.82) is 0 Å². The lowest BCUT2D eigenvalue weighted by Gasteiger charge is -2.16. The van der Waals surface area contributed by atoms with Gasteiger partial charge >= 0.3 is 5.97 Å². The number of aliphatic carboxylic acids is 1. The quantitative estimate of drug-likeness (QED) is 0.539. The van der Waals surface area contributed by atoms with Crippen LogP contribution < -0.4 is 11.1 Å². The van der Waals surface area contributed by atoms with Gasteiger partial charge in [0.15, 0.2) is 0 Å². The van der Waals surface area contributed by atoms with E-state index in [2.05, 4.69) is 5.32 Å². The normalized spacial score (nSPS) is 13.8. The molecule has 0 aromatic heterocycles. The molecule has 92 valence electrons. The van der Waals surface area contributed by atoms with Crippen molar-refractivity contribution in [1.82, 2.24) is 5.32 Å². The topological polar surface area (TPSA) is 113 Å². The average Bonchev–Trinajstić information content (AvgIpc) is 2.35. The van der Waals surface area contributed by atoms with E-state index in [-0.39, 0.29) is 0 Å². The van der Waals surface area contributed by atoms with Crippen LogP contribution in [0.3, 0.4) is 0 Å². The molecule has 6 heteroatoms. The Kier molecular flexibility index (Phi) is 4.62. The molecule has 0 aliphatic carbocycles. The van der Waals surface area contributed by atoms with Crippen LogP contribution in [-0.4, -0.2) is 34.7 Å². The Balaban J connectivity index is 2.68. The van der Waals surface area contributed by atoms with Crippen LogP contribution >= 0.6 is 0 Å². The number of carboxylic acid groups (broad SMARTS) is 1. The number of nitrogens with one attached hydrogen (secondary N) is 1. The molecule has 0 aliphatic heterocycles. The largest absolute Gasteiger partial charge is 0.480 e. The molecule has 0 radical (unpaired) electrons. The molecule has 0 spiro atoms. The van der Waals surface area contributed by atoms with E-state index in [0.717, 1.165) is 0 Å². The molecule has 1 unspecified atom stereocenters. The van der Waals surface area contributed by atoms with Crippen molar-refractivity contribution in [2.75, 3.05) is 6.61 Å². The second-order valence-electron chi connectivity index (χ2n) is 3.47. The standard InChI is InChI=1S/C11H14N2O4/c12-9(7-4-2-1-3-5-7)10(15)13-8(6-14)11(16)17/h1-5,8-9,14H,6,12H2,(H,13,15)(H,16,17)/t8?,9-/m1/s1. The van der Waals surface area contributed by atoms with Gasteiger partial charge in [-0.2, -0.15) is 0 Å². The van der Waals surface area contributed by atoms with Crippen LogP contribution in [0.2, 0.25) is 0 Å². The number of hydrogen-bond donors (Lipinski definition) is 4. The van der Waals surface area contributed by atoms with Gasteiger partial charge in [-0.15, -0.1) is 0 Å². The van der Waals surface area contributed by atoms with Crippen molar-refractivity contribution >= 4 is 11.9 Å². The second kappa shape index (κ2) is 5.97. The minimum Gasteiger partial charge on any atom is -0.480 e. The number of aliphatic hydroxyl groups is 1. The maximum absolute atomic E-state index is 11.6. The molecule has 1 amide bonds. The van der Waals surface area contributed by atoms with Crippen LogP contribution in [0.4, 0.5) is 0 Å². The van der Waals surface area contributed by atoms with E-state index in [9.17, 15) is 9.59 Å². The third-order valence-electron chi connectivity index (χ3n) is 2.24. The van der Waals surface area contributed by atoms with Gasteiger partial charge in [0.2, 0.25) is 5.91 Å². The summed E-state index contributed by atoms with van der Waals surface area (Å²) in [7, 11) is 0. The minimum absolute atomic E-state index is 0.576. The Bertz CT molecular complexity index is 394. The summed E-state index contributed by atoms with van der Waals surface area (Å²) in [4.78, 5) is 22.2. The molecule has 2 atom stereocenters. The summed E-state index contributed by atoms with van der Waals surface area (Å²) in [5.74, 6) is -1.95. The summed E-state index contributed by atoms with van der Waals surface area (Å²) in [6, 6.07) is 6.27. The summed E-state index contributed by atoms with van der Waals surface area (Å²) in [6.45, 7) is -0.678. The molecule has 0 saturated carbocycles. The van der Waals surface area contributed by atoms with Gasteiger partial charge in [-0.3, -0.25) is 4.79 Å². The first-order valence-corrected chi connectivity index (χ1v) is 5.01. The Hall–Kier alpha value is -1.92. The van der Waals surface area contributed by atoms with E-state index in [4.69, 9.17) is 15.9 Å². The van der Waals surface area contributed by atoms with Crippen LogP contribution in [0.15, 0.2) is 30.3 Å². The van der Waals surface area contributed by atoms with Crippen molar-refractivity contribution in [3.8, 4) is 0 Å². The summed E-state index contributed by atoms with van der Waals surface area (Å²) >= 11 is 0. The zero-order valence-electron chi connectivity index (χ0n) is 9.04. The van der Waals surface area contributed by atoms with E-state index in [1.807, 2.05) is 0 Å². The van der Waals surface area contributed by atoms with Crippen LogP contribution in [0.25, 0.3) is 0 Å². The van der Waals surface area contributed by atoms with E-state index in [1.54, 1.807) is 30.3 Å². The third-order valence-corrected chi connectivity index (χ3v) is 2.24. The molecule has 1 aromatic carbocycles. The fourth-order valence-corrected chi connectivity index (χ4v) is 1.26. The fourth-order valence-electron chi connectivity index (χ4n) is 1.26. The van der Waals surface area contributed by atoms with Crippen LogP contribution in [0.5, 0.6) is 0 Å². The zero-order valence-corrected chi connectivity index (χ0v) is 9.04. The van der Waals surface area contributed by atoms with E-state index in [0.29, 0.717) is 5.56 Å². The van der Waals surface area contributed by atoms with Gasteiger partial charge in [0, 0.05) is 0 Å². The summed E-state index contributed by atoms with van der Waals surface area (Å²) < 4.78 is 0. The smallest absolute Gasteiger partial charge is 0.328 e. The van der Waals surface area contributed by atoms with Gasteiger partial charge in [0.25, 0.3) is 0 Å². The summed E-state index contributed by atoms with van der Waals surface area (Å²) in [5.41, 5.74) is 6.23. The lowest BCUT2D eigenvalue weighted by Crippen LogP contribution is -2.46. The molecule has 1 aromatic rings. The number of rotatable bonds is 5. The highest BCUT2D eigenvalue weighted by molar-refractivity contribution is 5.87. The molecule has 0 heterocycles. The molecule has 0 fully saturated rings. The van der Waals surface area contributed by atoms with Crippen LogP contribution in [0, 0.1) is 0 Å². The fraction of sp³-hybridized carbons (Fsp3) is 0.273. The van der Waals surface area contributed by atoms with Crippen molar-refractivity contribution in [3.63, 3.8) is 0 Å². The van der Waals surface area contributed by atoms with Crippen molar-refractivity contribution < 1.29 is 19.8 Å². The lowest BCUT2D eigenvalue weighted by molar-refractivity contribution is -0.143. The molecule has 0 bridgehead atoms. The second-order valence-corrected chi connectivity index (χ2v) is 3.47. The van der Waals surface area contributed by atoms with Gasteiger partial charge in [-0.25, -0.2) is 4.79 Å². The van der Waals surface area contributed by atoms with Gasteiger partial charge in [0.05, 0.1) is 6.61 Å². The molecule has 0 aliphatic rings. The van der Waals surface area contributed by atoms with Crippen molar-refractivity contribution in [2.24, 2.45) is 5.73 Å². The molecule has 6 nitrogen and oxygen atoms in total. The summed E-state index contributed by atoms with van der Waals surface area (Å²) in [6.07, 6.45) is 0. The Morgan fingerprint density at radius 1 is 1.29 bits per heavy atom. The molecule has 1 rings (SSSR count). The number of benzene rings is 1. The number of hydrogen-bond acceptors (Lipinski definition) is 4. The Morgan fingerprint density at radius 2 is 1.88 bits per heavy atom. The maximum Gasteiger partial charge on any atom is 0.328 e. The average molecular weight is 238 g/mol. The maximum atomic E-state index is 11.6. The first kappa shape index (κ1) is 13.1. The zero-order chi connectivity index (χ0) is 12.8. The van der Waals surface area contributed by atoms with E-state index < -0.39 is 30.6 Å². The number of amides is 1. The van der Waals surface area contributed by atoms with Gasteiger partial charge in [0.1, 0.15) is 12.1 Å². The Labute approximate surface area is 98.1 Å². The summed E-state index contributed by atoms with van der Waals surface area (Å²) in [5, 5.41) is 19.6. The highest BCUT2D eigenvalue weighted by atomic mass is 16.4. The lowest BCUT2D eigenvalue weighted by atomic mass is 10.1. The van der Waals surface area contributed by atoms with Gasteiger partial charge in [-0.05, 0) is 5.56 Å². The first-order valence-electron chi connectivity index (χ1n) is 5.01. The number of nitrogens with two attached hydrogens (primary N) is 1. The molecular formula is C11H14N2O4. The Morgan fingerprint density at radius 3 is 2.35 bits per heavy atom. The molecule has 17 heavy (non-hydrogen) atoms. The van der Waals surface area contributed by atoms with Gasteiger partial charge in [-0.1, -0.05) is 30.3 Å². The van der Waals surface area contributed by atoms with Crippen LogP contribution in [-0.2, 0) is 9.59 Å². The molecule has 5 N–H and O–H groups in total. The third kappa shape index (κ3) is 3.54. The highest BCUT2D eigenvalue weighted by Crippen LogP contribution is 2.09. The van der Waals surface area contributed by atoms with Crippen molar-refractivity contribution in [3.05, 3.63) is 35.9 Å². The van der Waals surface area contributed by atoms with E-state index in [1.165, 1.54) is 0 Å². The van der Waals surface area contributed by atoms with Crippen molar-refractivity contribution in [2.45, 2.75) is 12.1 Å². The monoisotopic (exact) mass is 238 g/mol. The van der Waals surface area contributed by atoms with Gasteiger partial charge < -0.3 is 21.3 Å². The van der Waals surface area contributed by atoms with Crippen LogP contribution in [0.1, 0.15) is 11.6 Å². The predicted octanol–water partition coefficient (Wildman–Crippen LogP) is -0.752. The number of carbonyl (C=O) groups excluding carboxylic acids is 1. The SMILES string of the molecule is N[C@@H](C(=O)NC(CO)C(=O)O)c1ccccc1. The predicted molar refractivity (Wildman–Crippen MR) is 60.0 cm³/mol. The molecular weight excluding hydrogens is 224 g/mol. The minimum atomic E-state index is -1.34. The molecule has 0 saturated heterocycles.